The highest BCUT2D eigenvalue weighted by atomic mass is 16.6. The molecule has 0 fully saturated rings. The predicted octanol–water partition coefficient (Wildman–Crippen LogP) is 2.66. The largest absolute Gasteiger partial charge is 0.868 e. The molecule has 0 saturated carbocycles. The molecule has 0 radical (unpaired) electrons. The number of allylic oxidation sites excluding steroid dienone is 2. The van der Waals surface area contributed by atoms with Crippen molar-refractivity contribution in [3.05, 3.63) is 45.1 Å². The maximum absolute atomic E-state index is 13.0. The Bertz CT molecular complexity index is 944. The van der Waals surface area contributed by atoms with Crippen LogP contribution in [-0.4, -0.2) is 29.5 Å². The third-order valence-electron chi connectivity index (χ3n) is 5.30. The Balaban J connectivity index is 2.21. The molecule has 0 N–H and O–H groups in total. The highest BCUT2D eigenvalue weighted by molar-refractivity contribution is 6.09. The number of ketones is 1. The van der Waals surface area contributed by atoms with Crippen LogP contribution in [0.25, 0.3) is 0 Å². The lowest BCUT2D eigenvalue weighted by Crippen LogP contribution is -2.39. The summed E-state index contributed by atoms with van der Waals surface area (Å²) in [6.07, 6.45) is 0.856. The molecule has 1 unspecified atom stereocenters. The minimum Gasteiger partial charge on any atom is -0.868 e. The van der Waals surface area contributed by atoms with Crippen molar-refractivity contribution in [2.75, 3.05) is 7.11 Å². The molecule has 3 rings (SSSR count). The van der Waals surface area contributed by atoms with Crippen LogP contribution < -0.4 is 5.11 Å². The third-order valence-corrected chi connectivity index (χ3v) is 5.30. The van der Waals surface area contributed by atoms with E-state index in [4.69, 9.17) is 4.74 Å². The van der Waals surface area contributed by atoms with Crippen LogP contribution in [0.2, 0.25) is 0 Å². The number of aliphatic imine (C=N–C) groups is 1. The van der Waals surface area contributed by atoms with E-state index in [0.717, 1.165) is 12.1 Å². The normalized spacial score (nSPS) is 23.7. The van der Waals surface area contributed by atoms with E-state index in [1.54, 1.807) is 6.92 Å². The van der Waals surface area contributed by atoms with Gasteiger partial charge in [0.15, 0.2) is 5.78 Å². The maximum Gasteiger partial charge on any atom is 0.315 e. The van der Waals surface area contributed by atoms with E-state index < -0.39 is 34.2 Å². The zero-order chi connectivity index (χ0) is 20.8. The highest BCUT2D eigenvalue weighted by Gasteiger charge is 2.45. The van der Waals surface area contributed by atoms with Crippen LogP contribution in [0.5, 0.6) is 5.75 Å². The average Bonchev–Trinajstić information content (AvgIpc) is 2.58. The molecule has 8 heteroatoms. The number of carbonyl (C=O) groups is 2. The molecule has 0 bridgehead atoms. The number of nitro groups is 1. The first kappa shape index (κ1) is 19.7. The summed E-state index contributed by atoms with van der Waals surface area (Å²) in [6, 6.07) is 3.68. The summed E-state index contributed by atoms with van der Waals surface area (Å²) in [4.78, 5) is 40.3. The van der Waals surface area contributed by atoms with Crippen LogP contribution in [0.1, 0.15) is 45.1 Å². The lowest BCUT2D eigenvalue weighted by atomic mass is 9.67. The van der Waals surface area contributed by atoms with Gasteiger partial charge in [-0.2, -0.15) is 0 Å². The first-order valence-corrected chi connectivity index (χ1v) is 8.90. The van der Waals surface area contributed by atoms with E-state index in [2.05, 4.69) is 4.99 Å². The van der Waals surface area contributed by atoms with Gasteiger partial charge in [-0.15, -0.1) is 0 Å². The lowest BCUT2D eigenvalue weighted by Gasteiger charge is -2.39. The Labute approximate surface area is 162 Å². The van der Waals surface area contributed by atoms with Crippen LogP contribution in [0.3, 0.4) is 0 Å². The molecule has 2 aliphatic rings. The van der Waals surface area contributed by atoms with Crippen LogP contribution in [0, 0.1) is 21.4 Å². The first-order chi connectivity index (χ1) is 13.1. The molecule has 1 aromatic carbocycles. The molecule has 0 saturated heterocycles. The van der Waals surface area contributed by atoms with Gasteiger partial charge in [0.05, 0.1) is 12.0 Å². The second-order valence-corrected chi connectivity index (χ2v) is 8.02. The van der Waals surface area contributed by atoms with Crippen LogP contribution in [0.15, 0.2) is 34.5 Å². The Morgan fingerprint density at radius 1 is 1.32 bits per heavy atom. The van der Waals surface area contributed by atoms with Gasteiger partial charge in [-0.05, 0) is 30.1 Å². The van der Waals surface area contributed by atoms with Gasteiger partial charge in [0.2, 0.25) is 0 Å². The van der Waals surface area contributed by atoms with E-state index >= 15 is 0 Å². The minimum atomic E-state index is -0.866. The van der Waals surface area contributed by atoms with Gasteiger partial charge in [-0.25, -0.2) is 0 Å². The van der Waals surface area contributed by atoms with Crippen molar-refractivity contribution in [3.8, 4) is 5.75 Å². The SMILES string of the molecule is COC(=O)C1C(C)=NC2=C(C(=O)CC(C)(C)C2)[C@H]1c1ccc([N+](=O)[O-])c([O-])c1. The number of hydrogen-bond donors (Lipinski definition) is 0. The Kier molecular flexibility index (Phi) is 4.82. The molecule has 1 aliphatic heterocycles. The molecule has 0 aromatic heterocycles. The molecule has 1 aromatic rings. The summed E-state index contributed by atoms with van der Waals surface area (Å²) in [5.41, 5.74) is 1.06. The number of esters is 1. The molecule has 8 nitrogen and oxygen atoms in total. The molecule has 0 amide bonds. The smallest absolute Gasteiger partial charge is 0.315 e. The van der Waals surface area contributed by atoms with E-state index in [-0.39, 0.29) is 11.2 Å². The van der Waals surface area contributed by atoms with Crippen molar-refractivity contribution in [2.45, 2.75) is 39.5 Å². The summed E-state index contributed by atoms with van der Waals surface area (Å²) in [5.74, 6) is -3.09. The number of carbonyl (C=O) groups excluding carboxylic acids is 2. The second-order valence-electron chi connectivity index (χ2n) is 8.02. The number of rotatable bonds is 3. The fourth-order valence-corrected chi connectivity index (χ4v) is 4.11. The standard InChI is InChI=1S/C20H22N2O6/c1-10-16(19(25)28-4)17(11-5-6-13(22(26)27)14(23)7-11)18-12(21-10)8-20(2,3)9-15(18)24/h5-7,16-17,23H,8-9H2,1-4H3/p-1/t16?,17-/m0/s1. The number of hydrogen-bond acceptors (Lipinski definition) is 7. The quantitative estimate of drug-likeness (QED) is 0.448. The molecule has 28 heavy (non-hydrogen) atoms. The number of nitro benzene ring substituents is 1. The first-order valence-electron chi connectivity index (χ1n) is 8.90. The summed E-state index contributed by atoms with van der Waals surface area (Å²) in [7, 11) is 1.25. The Morgan fingerprint density at radius 2 is 2.00 bits per heavy atom. The molecule has 0 spiro atoms. The van der Waals surface area contributed by atoms with E-state index in [1.165, 1.54) is 13.2 Å². The Morgan fingerprint density at radius 3 is 2.57 bits per heavy atom. The fraction of sp³-hybridized carbons (Fsp3) is 0.450. The topological polar surface area (TPSA) is 122 Å². The number of ether oxygens (including phenoxy) is 1. The summed E-state index contributed by atoms with van der Waals surface area (Å²) >= 11 is 0. The van der Waals surface area contributed by atoms with E-state index in [9.17, 15) is 24.8 Å². The molecule has 1 aliphatic carbocycles. The van der Waals surface area contributed by atoms with Gasteiger partial charge in [-0.1, -0.05) is 26.0 Å². The van der Waals surface area contributed by atoms with E-state index in [1.807, 2.05) is 13.8 Å². The summed E-state index contributed by atoms with van der Waals surface area (Å²) in [6.45, 7) is 5.64. The van der Waals surface area contributed by atoms with Crippen molar-refractivity contribution in [1.82, 2.24) is 0 Å². The van der Waals surface area contributed by atoms with Gasteiger partial charge in [0.1, 0.15) is 5.92 Å². The van der Waals surface area contributed by atoms with Gasteiger partial charge < -0.3 is 9.84 Å². The van der Waals surface area contributed by atoms with Crippen molar-refractivity contribution < 1.29 is 24.4 Å². The molecule has 2 atom stereocenters. The van der Waals surface area contributed by atoms with Crippen LogP contribution in [0.4, 0.5) is 5.69 Å². The number of nitrogens with zero attached hydrogens (tertiary/aromatic N) is 2. The molecular formula is C20H21N2O6-. The Hall–Kier alpha value is -3.03. The van der Waals surface area contributed by atoms with Crippen molar-refractivity contribution in [2.24, 2.45) is 16.3 Å². The van der Waals surface area contributed by atoms with Gasteiger partial charge in [0, 0.05) is 35.4 Å². The van der Waals surface area contributed by atoms with Crippen LogP contribution >= 0.6 is 0 Å². The molecule has 1 heterocycles. The van der Waals surface area contributed by atoms with Gasteiger partial charge in [0.25, 0.3) is 5.69 Å². The van der Waals surface area contributed by atoms with Crippen molar-refractivity contribution >= 4 is 23.2 Å². The van der Waals surface area contributed by atoms with Crippen molar-refractivity contribution in [3.63, 3.8) is 0 Å². The lowest BCUT2D eigenvalue weighted by molar-refractivity contribution is -0.398. The monoisotopic (exact) mass is 385 g/mol. The number of benzene rings is 1. The van der Waals surface area contributed by atoms with Crippen LogP contribution in [-0.2, 0) is 14.3 Å². The zero-order valence-corrected chi connectivity index (χ0v) is 16.1. The zero-order valence-electron chi connectivity index (χ0n) is 16.1. The predicted molar refractivity (Wildman–Crippen MR) is 98.9 cm³/mol. The average molecular weight is 385 g/mol. The second kappa shape index (κ2) is 6.85. The number of Topliss-reactive ketones (excluding diaryl/α,β-unsaturated/α-hetero) is 1. The molecular weight excluding hydrogens is 364 g/mol. The van der Waals surface area contributed by atoms with Gasteiger partial charge >= 0.3 is 5.97 Å². The minimum absolute atomic E-state index is 0.132. The summed E-state index contributed by atoms with van der Waals surface area (Å²) < 4.78 is 4.92. The summed E-state index contributed by atoms with van der Waals surface area (Å²) in [5, 5.41) is 23.2. The van der Waals surface area contributed by atoms with E-state index in [0.29, 0.717) is 35.4 Å². The fourth-order valence-electron chi connectivity index (χ4n) is 4.11. The van der Waals surface area contributed by atoms with Crippen molar-refractivity contribution in [1.29, 1.82) is 0 Å². The maximum atomic E-state index is 13.0. The molecule has 148 valence electrons. The number of methoxy groups -OCH3 is 1. The van der Waals surface area contributed by atoms with Gasteiger partial charge in [-0.3, -0.25) is 24.7 Å². The third kappa shape index (κ3) is 3.30. The highest BCUT2D eigenvalue weighted by Crippen LogP contribution is 2.48.